The van der Waals surface area contributed by atoms with E-state index in [4.69, 9.17) is 0 Å². The molecule has 1 saturated heterocycles. The summed E-state index contributed by atoms with van der Waals surface area (Å²) in [7, 11) is -3.13. The second-order valence-electron chi connectivity index (χ2n) is 5.37. The van der Waals surface area contributed by atoms with Crippen LogP contribution >= 0.6 is 11.3 Å². The van der Waals surface area contributed by atoms with E-state index in [1.807, 2.05) is 6.07 Å². The first-order valence-corrected chi connectivity index (χ1v) is 9.45. The van der Waals surface area contributed by atoms with Crippen molar-refractivity contribution in [3.05, 3.63) is 22.4 Å². The molecule has 2 heterocycles. The van der Waals surface area contributed by atoms with Crippen LogP contribution in [0.1, 0.15) is 30.7 Å². The molecule has 1 aliphatic rings. The lowest BCUT2D eigenvalue weighted by Gasteiger charge is -2.36. The fraction of sp³-hybridized carbons (Fsp3) is 0.692. The highest BCUT2D eigenvalue weighted by atomic mass is 32.2. The molecule has 4 nitrogen and oxygen atoms in total. The van der Waals surface area contributed by atoms with Crippen molar-refractivity contribution in [3.8, 4) is 0 Å². The Kier molecular flexibility index (Phi) is 5.00. The molecule has 0 spiro atoms. The van der Waals surface area contributed by atoms with Gasteiger partial charge in [-0.15, -0.1) is 11.3 Å². The monoisotopic (exact) mass is 302 g/mol. The number of hydrogen-bond donors (Lipinski definition) is 1. The van der Waals surface area contributed by atoms with Gasteiger partial charge in [-0.2, -0.15) is 0 Å². The van der Waals surface area contributed by atoms with Crippen LogP contribution in [-0.2, 0) is 10.0 Å². The highest BCUT2D eigenvalue weighted by Gasteiger charge is 2.25. The maximum absolute atomic E-state index is 11.3. The van der Waals surface area contributed by atoms with E-state index in [-0.39, 0.29) is 6.04 Å². The minimum Gasteiger partial charge on any atom is -0.294 e. The molecule has 0 aromatic carbocycles. The maximum atomic E-state index is 11.3. The van der Waals surface area contributed by atoms with Crippen molar-refractivity contribution in [1.29, 1.82) is 0 Å². The summed E-state index contributed by atoms with van der Waals surface area (Å²) < 4.78 is 25.3. The molecule has 19 heavy (non-hydrogen) atoms. The van der Waals surface area contributed by atoms with Crippen LogP contribution in [0.3, 0.4) is 0 Å². The molecule has 1 unspecified atom stereocenters. The molecule has 1 atom stereocenters. The summed E-state index contributed by atoms with van der Waals surface area (Å²) in [6.45, 7) is 4.85. The van der Waals surface area contributed by atoms with Gasteiger partial charge in [0, 0.05) is 11.4 Å². The van der Waals surface area contributed by atoms with Gasteiger partial charge in [-0.25, -0.2) is 13.1 Å². The number of rotatable bonds is 5. The Hall–Kier alpha value is -0.430. The van der Waals surface area contributed by atoms with Crippen LogP contribution in [0.2, 0.25) is 0 Å². The quantitative estimate of drug-likeness (QED) is 0.906. The van der Waals surface area contributed by atoms with Gasteiger partial charge >= 0.3 is 0 Å². The Bertz CT molecular complexity index is 477. The van der Waals surface area contributed by atoms with Crippen molar-refractivity contribution < 1.29 is 8.42 Å². The second-order valence-corrected chi connectivity index (χ2v) is 8.18. The fourth-order valence-corrected chi connectivity index (χ4v) is 3.78. The third-order valence-electron chi connectivity index (χ3n) is 3.67. The van der Waals surface area contributed by atoms with E-state index < -0.39 is 10.0 Å². The molecule has 6 heteroatoms. The van der Waals surface area contributed by atoms with E-state index in [0.717, 1.165) is 19.0 Å². The van der Waals surface area contributed by atoms with E-state index in [0.29, 0.717) is 6.54 Å². The zero-order valence-corrected chi connectivity index (χ0v) is 13.1. The summed E-state index contributed by atoms with van der Waals surface area (Å²) in [6.07, 6.45) is 3.61. The summed E-state index contributed by atoms with van der Waals surface area (Å²) in [6, 6.07) is 4.29. The predicted octanol–water partition coefficient (Wildman–Crippen LogP) is 2.07. The second kappa shape index (κ2) is 6.35. The van der Waals surface area contributed by atoms with Crippen LogP contribution < -0.4 is 4.72 Å². The molecule has 0 bridgehead atoms. The molecular formula is C13H22N2O2S2. The molecule has 1 aliphatic heterocycles. The number of likely N-dealkylation sites (tertiary alicyclic amines) is 1. The lowest BCUT2D eigenvalue weighted by Crippen LogP contribution is -2.41. The zero-order valence-electron chi connectivity index (χ0n) is 11.5. The average Bonchev–Trinajstić information content (AvgIpc) is 2.84. The van der Waals surface area contributed by atoms with Gasteiger partial charge in [-0.05, 0) is 43.3 Å². The van der Waals surface area contributed by atoms with Gasteiger partial charge in [0.1, 0.15) is 0 Å². The third kappa shape index (κ3) is 4.56. The van der Waals surface area contributed by atoms with Gasteiger partial charge in [0.25, 0.3) is 0 Å². The van der Waals surface area contributed by atoms with Crippen LogP contribution in [0.4, 0.5) is 0 Å². The predicted molar refractivity (Wildman–Crippen MR) is 79.9 cm³/mol. The molecule has 1 aromatic heterocycles. The van der Waals surface area contributed by atoms with E-state index in [1.165, 1.54) is 24.0 Å². The van der Waals surface area contributed by atoms with Crippen LogP contribution in [0.5, 0.6) is 0 Å². The summed E-state index contributed by atoms with van der Waals surface area (Å²) in [5, 5.41) is 2.05. The maximum Gasteiger partial charge on any atom is 0.208 e. The first kappa shape index (κ1) is 15.0. The molecule has 1 aromatic rings. The first-order chi connectivity index (χ1) is 8.96. The van der Waals surface area contributed by atoms with E-state index in [1.54, 1.807) is 11.3 Å². The summed E-state index contributed by atoms with van der Waals surface area (Å²) in [5.74, 6) is 0.781. The Morgan fingerprint density at radius 1 is 1.47 bits per heavy atom. The van der Waals surface area contributed by atoms with Gasteiger partial charge in [-0.1, -0.05) is 13.0 Å². The Labute approximate surface area is 119 Å². The van der Waals surface area contributed by atoms with Crippen LogP contribution in [0.15, 0.2) is 17.5 Å². The van der Waals surface area contributed by atoms with E-state index in [2.05, 4.69) is 28.0 Å². The summed E-state index contributed by atoms with van der Waals surface area (Å²) >= 11 is 1.70. The Morgan fingerprint density at radius 3 is 2.68 bits per heavy atom. The first-order valence-electron chi connectivity index (χ1n) is 6.68. The molecule has 0 radical (unpaired) electrons. The lowest BCUT2D eigenvalue weighted by molar-refractivity contribution is 0.141. The Balaban J connectivity index is 2.06. The number of piperidine rings is 1. The normalized spacial score (nSPS) is 20.5. The number of hydrogen-bond acceptors (Lipinski definition) is 4. The summed E-state index contributed by atoms with van der Waals surface area (Å²) in [5.41, 5.74) is 0. The smallest absolute Gasteiger partial charge is 0.208 e. The van der Waals surface area contributed by atoms with Crippen LogP contribution in [-0.4, -0.2) is 39.2 Å². The van der Waals surface area contributed by atoms with Gasteiger partial charge in [0.2, 0.25) is 10.0 Å². The molecule has 0 amide bonds. The number of nitrogens with one attached hydrogen (secondary N) is 1. The molecule has 0 aliphatic carbocycles. The van der Waals surface area contributed by atoms with E-state index >= 15 is 0 Å². The van der Waals surface area contributed by atoms with Crippen molar-refractivity contribution in [1.82, 2.24) is 9.62 Å². The topological polar surface area (TPSA) is 49.4 Å². The van der Waals surface area contributed by atoms with Gasteiger partial charge in [0.15, 0.2) is 0 Å². The number of nitrogens with zero attached hydrogens (tertiary/aromatic N) is 1. The lowest BCUT2D eigenvalue weighted by atomic mass is 9.97. The SMILES string of the molecule is CC1CCN(C(CNS(C)(=O)=O)c2cccs2)CC1. The van der Waals surface area contributed by atoms with Crippen molar-refractivity contribution in [2.75, 3.05) is 25.9 Å². The summed E-state index contributed by atoms with van der Waals surface area (Å²) in [4.78, 5) is 3.65. The van der Waals surface area contributed by atoms with Gasteiger partial charge in [-0.3, -0.25) is 4.90 Å². The minimum absolute atomic E-state index is 0.169. The van der Waals surface area contributed by atoms with Gasteiger partial charge < -0.3 is 0 Å². The molecule has 2 rings (SSSR count). The third-order valence-corrected chi connectivity index (χ3v) is 5.33. The average molecular weight is 302 g/mol. The molecule has 108 valence electrons. The minimum atomic E-state index is -3.13. The van der Waals surface area contributed by atoms with Gasteiger partial charge in [0.05, 0.1) is 12.3 Å². The largest absolute Gasteiger partial charge is 0.294 e. The standard InChI is InChI=1S/C13H22N2O2S2/c1-11-5-7-15(8-6-11)12(10-14-19(2,16)17)13-4-3-9-18-13/h3-4,9,11-12,14H,5-8,10H2,1-2H3. The Morgan fingerprint density at radius 2 is 2.16 bits per heavy atom. The fourth-order valence-electron chi connectivity index (χ4n) is 2.46. The molecule has 1 fully saturated rings. The van der Waals surface area contributed by atoms with E-state index in [9.17, 15) is 8.42 Å². The molecular weight excluding hydrogens is 280 g/mol. The molecule has 1 N–H and O–H groups in total. The zero-order chi connectivity index (χ0) is 13.9. The number of sulfonamides is 1. The van der Waals surface area contributed by atoms with Crippen LogP contribution in [0, 0.1) is 5.92 Å². The number of thiophene rings is 1. The molecule has 0 saturated carbocycles. The highest BCUT2D eigenvalue weighted by Crippen LogP contribution is 2.29. The van der Waals surface area contributed by atoms with Crippen molar-refractivity contribution in [2.24, 2.45) is 5.92 Å². The van der Waals surface area contributed by atoms with Crippen molar-refractivity contribution in [2.45, 2.75) is 25.8 Å². The van der Waals surface area contributed by atoms with Crippen molar-refractivity contribution >= 4 is 21.4 Å². The van der Waals surface area contributed by atoms with Crippen LogP contribution in [0.25, 0.3) is 0 Å². The highest BCUT2D eigenvalue weighted by molar-refractivity contribution is 7.88. The van der Waals surface area contributed by atoms with Crippen molar-refractivity contribution in [3.63, 3.8) is 0 Å².